The van der Waals surface area contributed by atoms with Crippen LogP contribution in [-0.2, 0) is 17.8 Å². The number of nitrogens with zero attached hydrogens (tertiary/aromatic N) is 1. The molecule has 4 rings (SSSR count). The first-order valence-corrected chi connectivity index (χ1v) is 7.87. The van der Waals surface area contributed by atoms with E-state index >= 15 is 0 Å². The molecule has 0 saturated carbocycles. The van der Waals surface area contributed by atoms with E-state index in [1.54, 1.807) is 7.05 Å². The summed E-state index contributed by atoms with van der Waals surface area (Å²) in [5.41, 5.74) is 7.06. The van der Waals surface area contributed by atoms with Crippen LogP contribution in [0.3, 0.4) is 0 Å². The molecular formula is C19H18N2O2. The fraction of sp³-hybridized carbons (Fsp3) is 0.263. The molecule has 1 N–H and O–H groups in total. The van der Waals surface area contributed by atoms with Crippen molar-refractivity contribution in [3.05, 3.63) is 52.6 Å². The number of hydrogen-bond donors (Lipinski definition) is 1. The third-order valence-electron chi connectivity index (χ3n) is 4.81. The molecule has 2 aromatic rings. The van der Waals surface area contributed by atoms with Gasteiger partial charge in [-0.25, -0.2) is 0 Å². The highest BCUT2D eigenvalue weighted by Gasteiger charge is 2.37. The molecular weight excluding hydrogens is 288 g/mol. The van der Waals surface area contributed by atoms with Gasteiger partial charge in [-0.1, -0.05) is 29.8 Å². The second kappa shape index (κ2) is 5.03. The van der Waals surface area contributed by atoms with Crippen molar-refractivity contribution in [3.8, 4) is 11.1 Å². The highest BCUT2D eigenvalue weighted by molar-refractivity contribution is 6.52. The quantitative estimate of drug-likeness (QED) is 0.823. The van der Waals surface area contributed by atoms with Crippen LogP contribution in [0.5, 0.6) is 0 Å². The lowest BCUT2D eigenvalue weighted by molar-refractivity contribution is -0.114. The van der Waals surface area contributed by atoms with Crippen LogP contribution in [0, 0.1) is 6.92 Å². The number of aryl methyl sites for hydroxylation is 1. The third kappa shape index (κ3) is 2.02. The topological polar surface area (TPSA) is 49.4 Å². The van der Waals surface area contributed by atoms with Crippen molar-refractivity contribution in [1.29, 1.82) is 0 Å². The molecule has 0 spiro atoms. The number of nitrogens with one attached hydrogen (secondary N) is 1. The van der Waals surface area contributed by atoms with Gasteiger partial charge >= 0.3 is 0 Å². The van der Waals surface area contributed by atoms with E-state index in [1.807, 2.05) is 6.07 Å². The second-order valence-electron chi connectivity index (χ2n) is 6.26. The molecule has 116 valence electrons. The first-order chi connectivity index (χ1) is 11.1. The Bertz CT molecular complexity index is 837. The van der Waals surface area contributed by atoms with Crippen LogP contribution in [0.4, 0.5) is 5.69 Å². The number of rotatable bonds is 1. The largest absolute Gasteiger partial charge is 0.312 e. The zero-order valence-electron chi connectivity index (χ0n) is 13.3. The lowest BCUT2D eigenvalue weighted by Crippen LogP contribution is -2.28. The summed E-state index contributed by atoms with van der Waals surface area (Å²) in [6.45, 7) is 3.67. The third-order valence-corrected chi connectivity index (χ3v) is 4.81. The molecule has 4 nitrogen and oxygen atoms in total. The Balaban J connectivity index is 2.00. The molecule has 0 bridgehead atoms. The molecule has 0 radical (unpaired) electrons. The Labute approximate surface area is 135 Å². The lowest BCUT2D eigenvalue weighted by Gasteiger charge is -2.25. The van der Waals surface area contributed by atoms with E-state index in [4.69, 9.17) is 0 Å². The van der Waals surface area contributed by atoms with Gasteiger partial charge in [-0.3, -0.25) is 9.59 Å². The summed E-state index contributed by atoms with van der Waals surface area (Å²) in [6.07, 6.45) is 0.905. The predicted octanol–water partition coefficient (Wildman–Crippen LogP) is 2.47. The molecule has 2 aliphatic heterocycles. The summed E-state index contributed by atoms with van der Waals surface area (Å²) in [5.74, 6) is -0.835. The van der Waals surface area contributed by atoms with E-state index in [2.05, 4.69) is 36.5 Å². The van der Waals surface area contributed by atoms with Gasteiger partial charge in [-0.2, -0.15) is 0 Å². The number of carbonyl (C=O) groups excluding carboxylic acids is 2. The molecule has 2 aromatic carbocycles. The van der Waals surface area contributed by atoms with Crippen molar-refractivity contribution in [3.63, 3.8) is 0 Å². The van der Waals surface area contributed by atoms with Crippen LogP contribution in [0.1, 0.15) is 27.0 Å². The average molecular weight is 306 g/mol. The number of carbonyl (C=O) groups is 2. The number of benzene rings is 2. The van der Waals surface area contributed by atoms with Crippen molar-refractivity contribution in [2.24, 2.45) is 0 Å². The SMILES string of the molecule is Cc1ccc(-c2cc3c(c4c2CCNC4)N(C)C(=O)C3=O)cc1. The van der Waals surface area contributed by atoms with Gasteiger partial charge in [0.15, 0.2) is 0 Å². The Morgan fingerprint density at radius 1 is 1.04 bits per heavy atom. The van der Waals surface area contributed by atoms with Crippen molar-refractivity contribution < 1.29 is 9.59 Å². The number of fused-ring (bicyclic) bond motifs is 3. The van der Waals surface area contributed by atoms with Gasteiger partial charge in [-0.05, 0) is 48.2 Å². The van der Waals surface area contributed by atoms with E-state index in [-0.39, 0.29) is 0 Å². The fourth-order valence-corrected chi connectivity index (χ4v) is 3.59. The van der Waals surface area contributed by atoms with Crippen LogP contribution < -0.4 is 10.2 Å². The van der Waals surface area contributed by atoms with E-state index in [0.717, 1.165) is 35.3 Å². The summed E-state index contributed by atoms with van der Waals surface area (Å²) in [7, 11) is 1.69. The Hall–Kier alpha value is -2.46. The van der Waals surface area contributed by atoms with Gasteiger partial charge in [0, 0.05) is 13.6 Å². The molecule has 0 aliphatic carbocycles. The lowest BCUT2D eigenvalue weighted by atomic mass is 9.87. The van der Waals surface area contributed by atoms with Crippen molar-refractivity contribution in [2.75, 3.05) is 18.5 Å². The van der Waals surface area contributed by atoms with E-state index in [0.29, 0.717) is 12.1 Å². The molecule has 1 amide bonds. The minimum absolute atomic E-state index is 0.399. The van der Waals surface area contributed by atoms with Gasteiger partial charge in [0.05, 0.1) is 11.3 Å². The van der Waals surface area contributed by atoms with E-state index in [9.17, 15) is 9.59 Å². The zero-order valence-corrected chi connectivity index (χ0v) is 13.3. The van der Waals surface area contributed by atoms with Crippen LogP contribution >= 0.6 is 0 Å². The number of likely N-dealkylation sites (N-methyl/N-ethyl adjacent to an activating group) is 1. The monoisotopic (exact) mass is 306 g/mol. The van der Waals surface area contributed by atoms with Crippen LogP contribution in [-0.4, -0.2) is 25.3 Å². The number of amides is 1. The molecule has 4 heteroatoms. The van der Waals surface area contributed by atoms with Crippen molar-refractivity contribution in [1.82, 2.24) is 5.32 Å². The molecule has 0 fully saturated rings. The molecule has 0 saturated heterocycles. The molecule has 2 heterocycles. The summed E-state index contributed by atoms with van der Waals surface area (Å²) in [5, 5.41) is 3.36. The van der Waals surface area contributed by atoms with Gasteiger partial charge in [0.2, 0.25) is 0 Å². The fourth-order valence-electron chi connectivity index (χ4n) is 3.59. The second-order valence-corrected chi connectivity index (χ2v) is 6.26. The van der Waals surface area contributed by atoms with E-state index < -0.39 is 11.7 Å². The van der Waals surface area contributed by atoms with Gasteiger partial charge < -0.3 is 10.2 Å². The summed E-state index contributed by atoms with van der Waals surface area (Å²) < 4.78 is 0. The smallest absolute Gasteiger partial charge is 0.299 e. The van der Waals surface area contributed by atoms with Gasteiger partial charge in [0.25, 0.3) is 11.7 Å². The summed E-state index contributed by atoms with van der Waals surface area (Å²) >= 11 is 0. The summed E-state index contributed by atoms with van der Waals surface area (Å²) in [4.78, 5) is 25.9. The maximum Gasteiger partial charge on any atom is 0.299 e. The maximum atomic E-state index is 12.3. The minimum atomic E-state index is -0.436. The van der Waals surface area contributed by atoms with Crippen LogP contribution in [0.2, 0.25) is 0 Å². The molecule has 23 heavy (non-hydrogen) atoms. The number of ketones is 1. The number of Topliss-reactive ketones (excluding diaryl/α,β-unsaturated/α-hetero) is 1. The molecule has 0 atom stereocenters. The summed E-state index contributed by atoms with van der Waals surface area (Å²) in [6, 6.07) is 10.2. The highest BCUT2D eigenvalue weighted by atomic mass is 16.2. The van der Waals surface area contributed by atoms with Crippen molar-refractivity contribution in [2.45, 2.75) is 19.9 Å². The molecule has 0 aromatic heterocycles. The Morgan fingerprint density at radius 2 is 1.78 bits per heavy atom. The normalized spacial score (nSPS) is 16.5. The molecule has 0 unspecified atom stereocenters. The average Bonchev–Trinajstić information content (AvgIpc) is 2.79. The minimum Gasteiger partial charge on any atom is -0.312 e. The van der Waals surface area contributed by atoms with Gasteiger partial charge in [-0.15, -0.1) is 0 Å². The van der Waals surface area contributed by atoms with E-state index in [1.165, 1.54) is 16.0 Å². The van der Waals surface area contributed by atoms with Crippen LogP contribution in [0.25, 0.3) is 11.1 Å². The molecule has 2 aliphatic rings. The standard InChI is InChI=1S/C19H18N2O2/c1-11-3-5-12(6-4-11)14-9-15-17(21(2)19(23)18(15)22)16-10-20-8-7-13(14)16/h3-6,9,20H,7-8,10H2,1-2H3. The maximum absolute atomic E-state index is 12.3. The predicted molar refractivity (Wildman–Crippen MR) is 89.8 cm³/mol. The Morgan fingerprint density at radius 3 is 2.52 bits per heavy atom. The first-order valence-electron chi connectivity index (χ1n) is 7.87. The zero-order chi connectivity index (χ0) is 16.1. The first kappa shape index (κ1) is 14.2. The van der Waals surface area contributed by atoms with Crippen molar-refractivity contribution >= 4 is 17.4 Å². The number of hydrogen-bond acceptors (Lipinski definition) is 3. The van der Waals surface area contributed by atoms with Gasteiger partial charge in [0.1, 0.15) is 0 Å². The Kier molecular flexibility index (Phi) is 3.10. The number of anilines is 1. The van der Waals surface area contributed by atoms with Crippen LogP contribution in [0.15, 0.2) is 30.3 Å². The highest BCUT2D eigenvalue weighted by Crippen LogP contribution is 2.40.